The number of esters is 2. The third-order valence-electron chi connectivity index (χ3n) is 3.41. The number of ether oxygens (including phenoxy) is 2. The molecule has 0 aliphatic heterocycles. The van der Waals surface area contributed by atoms with Crippen molar-refractivity contribution in [1.29, 1.82) is 0 Å². The van der Waals surface area contributed by atoms with Crippen LogP contribution in [0.5, 0.6) is 11.5 Å². The summed E-state index contributed by atoms with van der Waals surface area (Å²) in [5, 5.41) is 0. The van der Waals surface area contributed by atoms with E-state index in [1.165, 1.54) is 0 Å². The standard InChI is InChI=1S/C18H16Br2O4/c1-9-5-13(6-10(2)15(9)19)23-17(21)18(22)24-14-7-11(3)16(20)12(4)8-14/h5-8H,1-4H3. The Labute approximate surface area is 157 Å². The summed E-state index contributed by atoms with van der Waals surface area (Å²) in [6, 6.07) is 6.71. The molecule has 0 N–H and O–H groups in total. The van der Waals surface area contributed by atoms with Gasteiger partial charge < -0.3 is 9.47 Å². The average Bonchev–Trinajstić information content (AvgIpc) is 2.50. The van der Waals surface area contributed by atoms with Crippen molar-refractivity contribution in [1.82, 2.24) is 0 Å². The lowest BCUT2D eigenvalue weighted by Crippen LogP contribution is -2.25. The molecule has 0 aromatic heterocycles. The summed E-state index contributed by atoms with van der Waals surface area (Å²) in [6.45, 7) is 7.50. The molecule has 0 aliphatic rings. The molecule has 4 nitrogen and oxygen atoms in total. The molecular formula is C18H16Br2O4. The van der Waals surface area contributed by atoms with E-state index in [-0.39, 0.29) is 0 Å². The van der Waals surface area contributed by atoms with Crippen molar-refractivity contribution in [2.45, 2.75) is 27.7 Å². The van der Waals surface area contributed by atoms with Crippen LogP contribution in [0, 0.1) is 27.7 Å². The third-order valence-corrected chi connectivity index (χ3v) is 5.91. The first kappa shape index (κ1) is 18.7. The maximum absolute atomic E-state index is 11.9. The van der Waals surface area contributed by atoms with Crippen LogP contribution in [0.3, 0.4) is 0 Å². The van der Waals surface area contributed by atoms with Crippen LogP contribution in [0.25, 0.3) is 0 Å². The van der Waals surface area contributed by atoms with Crippen LogP contribution in [0.1, 0.15) is 22.3 Å². The van der Waals surface area contributed by atoms with Crippen molar-refractivity contribution in [2.75, 3.05) is 0 Å². The second-order valence-electron chi connectivity index (χ2n) is 5.52. The summed E-state index contributed by atoms with van der Waals surface area (Å²) in [7, 11) is 0. The smallest absolute Gasteiger partial charge is 0.418 e. The van der Waals surface area contributed by atoms with Crippen LogP contribution < -0.4 is 9.47 Å². The molecule has 2 aromatic rings. The van der Waals surface area contributed by atoms with E-state index >= 15 is 0 Å². The van der Waals surface area contributed by atoms with Gasteiger partial charge in [-0.25, -0.2) is 9.59 Å². The van der Waals surface area contributed by atoms with E-state index in [0.717, 1.165) is 31.2 Å². The second kappa shape index (κ2) is 7.49. The van der Waals surface area contributed by atoms with Gasteiger partial charge in [-0.1, -0.05) is 31.9 Å². The van der Waals surface area contributed by atoms with Gasteiger partial charge in [-0.15, -0.1) is 0 Å². The van der Waals surface area contributed by atoms with Crippen LogP contribution in [0.15, 0.2) is 33.2 Å². The highest BCUT2D eigenvalue weighted by Gasteiger charge is 2.20. The molecule has 2 rings (SSSR count). The van der Waals surface area contributed by atoms with E-state index in [1.54, 1.807) is 24.3 Å². The van der Waals surface area contributed by atoms with E-state index in [2.05, 4.69) is 31.9 Å². The Hall–Kier alpha value is -1.66. The Kier molecular flexibility index (Phi) is 5.83. The molecule has 2 aromatic carbocycles. The maximum atomic E-state index is 11.9. The molecule has 0 amide bonds. The number of hydrogen-bond donors (Lipinski definition) is 0. The lowest BCUT2D eigenvalue weighted by Gasteiger charge is -2.10. The van der Waals surface area contributed by atoms with Gasteiger partial charge in [-0.3, -0.25) is 0 Å². The Bertz CT molecular complexity index is 712. The highest BCUT2D eigenvalue weighted by molar-refractivity contribution is 9.10. The van der Waals surface area contributed by atoms with Crippen molar-refractivity contribution in [3.63, 3.8) is 0 Å². The number of hydrogen-bond acceptors (Lipinski definition) is 4. The molecule has 0 saturated heterocycles. The van der Waals surface area contributed by atoms with Gasteiger partial charge >= 0.3 is 11.9 Å². The van der Waals surface area contributed by atoms with Crippen LogP contribution in [-0.2, 0) is 9.59 Å². The van der Waals surface area contributed by atoms with E-state index < -0.39 is 11.9 Å². The summed E-state index contributed by atoms with van der Waals surface area (Å²) >= 11 is 6.87. The lowest BCUT2D eigenvalue weighted by molar-refractivity contribution is -0.156. The summed E-state index contributed by atoms with van der Waals surface area (Å²) in [4.78, 5) is 23.9. The number of benzene rings is 2. The third kappa shape index (κ3) is 4.24. The Balaban J connectivity index is 2.12. The predicted molar refractivity (Wildman–Crippen MR) is 98.5 cm³/mol. The first-order valence-corrected chi connectivity index (χ1v) is 8.75. The van der Waals surface area contributed by atoms with Crippen LogP contribution >= 0.6 is 31.9 Å². The van der Waals surface area contributed by atoms with Gasteiger partial charge in [0.25, 0.3) is 0 Å². The van der Waals surface area contributed by atoms with Gasteiger partial charge in [-0.05, 0) is 74.2 Å². The molecule has 0 fully saturated rings. The number of halogens is 2. The molecule has 0 heterocycles. The molecule has 126 valence electrons. The zero-order valence-corrected chi connectivity index (χ0v) is 16.9. The van der Waals surface area contributed by atoms with Gasteiger partial charge in [0.15, 0.2) is 0 Å². The van der Waals surface area contributed by atoms with Gasteiger partial charge in [0.05, 0.1) is 0 Å². The number of carbonyl (C=O) groups excluding carboxylic acids is 2. The Morgan fingerprint density at radius 3 is 1.17 bits per heavy atom. The molecule has 6 heteroatoms. The van der Waals surface area contributed by atoms with Crippen LogP contribution in [0.2, 0.25) is 0 Å². The molecule has 0 radical (unpaired) electrons. The number of aryl methyl sites for hydroxylation is 4. The quantitative estimate of drug-likeness (QED) is 0.365. The monoisotopic (exact) mass is 454 g/mol. The van der Waals surface area contributed by atoms with E-state index in [9.17, 15) is 9.59 Å². The van der Waals surface area contributed by atoms with Crippen molar-refractivity contribution >= 4 is 43.8 Å². The SMILES string of the molecule is Cc1cc(OC(=O)C(=O)Oc2cc(C)c(Br)c(C)c2)cc(C)c1Br. The average molecular weight is 456 g/mol. The van der Waals surface area contributed by atoms with Crippen molar-refractivity contribution in [2.24, 2.45) is 0 Å². The fraction of sp³-hybridized carbons (Fsp3) is 0.222. The molecule has 0 unspecified atom stereocenters. The van der Waals surface area contributed by atoms with Gasteiger partial charge in [0, 0.05) is 8.95 Å². The minimum atomic E-state index is -1.06. The lowest BCUT2D eigenvalue weighted by atomic mass is 10.1. The predicted octanol–water partition coefficient (Wildman–Crippen LogP) is 4.96. The van der Waals surface area contributed by atoms with Gasteiger partial charge in [-0.2, -0.15) is 0 Å². The first-order valence-electron chi connectivity index (χ1n) is 7.16. The summed E-state index contributed by atoms with van der Waals surface area (Å²) < 4.78 is 12.1. The maximum Gasteiger partial charge on any atom is 0.423 e. The molecule has 0 spiro atoms. The minimum Gasteiger partial charge on any atom is -0.418 e. The minimum absolute atomic E-state index is 0.304. The summed E-state index contributed by atoms with van der Waals surface area (Å²) in [5.41, 5.74) is 3.63. The fourth-order valence-corrected chi connectivity index (χ4v) is 2.69. The fourth-order valence-electron chi connectivity index (χ4n) is 2.23. The Morgan fingerprint density at radius 2 is 0.917 bits per heavy atom. The van der Waals surface area contributed by atoms with Crippen molar-refractivity contribution in [3.8, 4) is 11.5 Å². The van der Waals surface area contributed by atoms with Crippen LogP contribution in [-0.4, -0.2) is 11.9 Å². The number of carbonyl (C=O) groups is 2. The molecule has 24 heavy (non-hydrogen) atoms. The van der Waals surface area contributed by atoms with E-state index in [1.807, 2.05) is 27.7 Å². The summed E-state index contributed by atoms with van der Waals surface area (Å²) in [5.74, 6) is -1.51. The molecular weight excluding hydrogens is 440 g/mol. The van der Waals surface area contributed by atoms with Crippen LogP contribution in [0.4, 0.5) is 0 Å². The van der Waals surface area contributed by atoms with E-state index in [0.29, 0.717) is 11.5 Å². The van der Waals surface area contributed by atoms with E-state index in [4.69, 9.17) is 9.47 Å². The first-order chi connectivity index (χ1) is 11.2. The van der Waals surface area contributed by atoms with Crippen molar-refractivity contribution in [3.05, 3.63) is 55.5 Å². The molecule has 0 atom stereocenters. The largest absolute Gasteiger partial charge is 0.423 e. The highest BCUT2D eigenvalue weighted by Crippen LogP contribution is 2.28. The zero-order valence-electron chi connectivity index (χ0n) is 13.7. The number of rotatable bonds is 2. The Morgan fingerprint density at radius 1 is 0.667 bits per heavy atom. The molecule has 0 aliphatic carbocycles. The van der Waals surface area contributed by atoms with Crippen molar-refractivity contribution < 1.29 is 19.1 Å². The van der Waals surface area contributed by atoms with Gasteiger partial charge in [0.2, 0.25) is 0 Å². The zero-order chi connectivity index (χ0) is 18.0. The topological polar surface area (TPSA) is 52.6 Å². The summed E-state index contributed by atoms with van der Waals surface area (Å²) in [6.07, 6.45) is 0. The normalized spacial score (nSPS) is 10.4. The molecule has 0 bridgehead atoms. The van der Waals surface area contributed by atoms with Gasteiger partial charge in [0.1, 0.15) is 11.5 Å². The highest BCUT2D eigenvalue weighted by atomic mass is 79.9. The molecule has 0 saturated carbocycles. The second-order valence-corrected chi connectivity index (χ2v) is 7.11.